The van der Waals surface area contributed by atoms with Gasteiger partial charge in [-0.15, -0.1) is 0 Å². The normalized spacial score (nSPS) is 14.2. The van der Waals surface area contributed by atoms with Crippen molar-refractivity contribution >= 4 is 18.0 Å². The van der Waals surface area contributed by atoms with E-state index in [0.717, 1.165) is 28.8 Å². The smallest absolute Gasteiger partial charge is 0.411 e. The first kappa shape index (κ1) is 32.2. The van der Waals surface area contributed by atoms with Crippen LogP contribution in [0, 0.1) is 11.6 Å². The van der Waals surface area contributed by atoms with Crippen molar-refractivity contribution in [1.29, 1.82) is 0 Å². The van der Waals surface area contributed by atoms with Crippen LogP contribution in [-0.4, -0.2) is 41.6 Å². The molecule has 0 saturated carbocycles. The Morgan fingerprint density at radius 2 is 1.48 bits per heavy atom. The monoisotopic (exact) mass is 628 g/mol. The average Bonchev–Trinajstić information content (AvgIpc) is 3.02. The van der Waals surface area contributed by atoms with Crippen LogP contribution >= 0.6 is 0 Å². The molecule has 1 N–H and O–H groups in total. The first-order valence-corrected chi connectivity index (χ1v) is 14.9. The number of rotatable bonds is 8. The van der Waals surface area contributed by atoms with Crippen molar-refractivity contribution in [3.63, 3.8) is 0 Å². The molecule has 0 radical (unpaired) electrons. The van der Waals surface area contributed by atoms with Crippen LogP contribution < -0.4 is 14.8 Å². The second kappa shape index (κ2) is 13.8. The highest BCUT2D eigenvalue weighted by Gasteiger charge is 2.38. The van der Waals surface area contributed by atoms with Crippen LogP contribution in [0.1, 0.15) is 44.4 Å². The van der Waals surface area contributed by atoms with E-state index in [4.69, 9.17) is 14.2 Å². The second-order valence-electron chi connectivity index (χ2n) is 11.8. The fraction of sp³-hybridized carbons (Fsp3) is 0.250. The molecule has 0 aliphatic carbocycles. The molecule has 0 spiro atoms. The van der Waals surface area contributed by atoms with Crippen LogP contribution in [0.3, 0.4) is 0 Å². The highest BCUT2D eigenvalue weighted by Crippen LogP contribution is 2.35. The maximum absolute atomic E-state index is 13.8. The molecule has 238 valence electrons. The SMILES string of the molecule is CC(C)(C)OC(=O)N1CCc2ccc(Oc3ccc(F)c(F)c3)cc2[C@H]1C(=O)NCCC(=O)Oc1ccc(-c2ccccc2)cc1. The average molecular weight is 629 g/mol. The van der Waals surface area contributed by atoms with Crippen molar-refractivity contribution in [2.75, 3.05) is 13.1 Å². The molecular formula is C36H34F2N2O6. The minimum Gasteiger partial charge on any atom is -0.457 e. The number of hydrogen-bond donors (Lipinski definition) is 1. The van der Waals surface area contributed by atoms with Gasteiger partial charge in [0.2, 0.25) is 5.91 Å². The fourth-order valence-electron chi connectivity index (χ4n) is 5.05. The molecule has 0 unspecified atom stereocenters. The lowest BCUT2D eigenvalue weighted by Gasteiger charge is -2.37. The Morgan fingerprint density at radius 3 is 2.17 bits per heavy atom. The van der Waals surface area contributed by atoms with Crippen LogP contribution in [-0.2, 0) is 20.7 Å². The number of ether oxygens (including phenoxy) is 3. The van der Waals surface area contributed by atoms with Crippen molar-refractivity contribution in [1.82, 2.24) is 10.2 Å². The summed E-state index contributed by atoms with van der Waals surface area (Å²) in [5.41, 5.74) is 2.50. The number of hydrogen-bond acceptors (Lipinski definition) is 6. The Balaban J connectivity index is 1.28. The zero-order valence-corrected chi connectivity index (χ0v) is 25.7. The van der Waals surface area contributed by atoms with Gasteiger partial charge in [-0.25, -0.2) is 13.6 Å². The van der Waals surface area contributed by atoms with Crippen LogP contribution in [0.4, 0.5) is 13.6 Å². The van der Waals surface area contributed by atoms with Gasteiger partial charge in [0.05, 0.1) is 6.42 Å². The summed E-state index contributed by atoms with van der Waals surface area (Å²) in [6.45, 7) is 5.36. The summed E-state index contributed by atoms with van der Waals surface area (Å²) in [7, 11) is 0. The zero-order valence-electron chi connectivity index (χ0n) is 25.7. The van der Waals surface area contributed by atoms with Gasteiger partial charge in [-0.05, 0) is 85.8 Å². The number of nitrogens with zero attached hydrogens (tertiary/aromatic N) is 1. The number of carbonyl (C=O) groups is 3. The van der Waals surface area contributed by atoms with Gasteiger partial charge in [-0.2, -0.15) is 0 Å². The minimum absolute atomic E-state index is 0.0429. The molecule has 1 aliphatic rings. The molecule has 46 heavy (non-hydrogen) atoms. The van der Waals surface area contributed by atoms with E-state index >= 15 is 0 Å². The second-order valence-corrected chi connectivity index (χ2v) is 11.8. The number of benzene rings is 4. The van der Waals surface area contributed by atoms with Gasteiger partial charge < -0.3 is 19.5 Å². The molecule has 8 nitrogen and oxygen atoms in total. The highest BCUT2D eigenvalue weighted by molar-refractivity contribution is 5.88. The summed E-state index contributed by atoms with van der Waals surface area (Å²) in [4.78, 5) is 40.8. The first-order valence-electron chi connectivity index (χ1n) is 14.9. The van der Waals surface area contributed by atoms with E-state index in [1.807, 2.05) is 42.5 Å². The van der Waals surface area contributed by atoms with E-state index in [1.54, 1.807) is 51.1 Å². The minimum atomic E-state index is -1.10. The zero-order chi connectivity index (χ0) is 32.8. The molecular weight excluding hydrogens is 594 g/mol. The van der Waals surface area contributed by atoms with Crippen LogP contribution in [0.2, 0.25) is 0 Å². The third kappa shape index (κ3) is 8.06. The fourth-order valence-corrected chi connectivity index (χ4v) is 5.05. The molecule has 2 amide bonds. The molecule has 0 saturated heterocycles. The van der Waals surface area contributed by atoms with E-state index in [2.05, 4.69) is 5.32 Å². The number of amides is 2. The van der Waals surface area contributed by atoms with E-state index in [1.165, 1.54) is 11.0 Å². The summed E-state index contributed by atoms with van der Waals surface area (Å²) in [6, 6.07) is 24.0. The summed E-state index contributed by atoms with van der Waals surface area (Å²) in [5, 5.41) is 2.75. The summed E-state index contributed by atoms with van der Waals surface area (Å²) in [6.07, 6.45) is -0.347. The molecule has 1 aliphatic heterocycles. The summed E-state index contributed by atoms with van der Waals surface area (Å²) >= 11 is 0. The largest absolute Gasteiger partial charge is 0.457 e. The van der Waals surface area contributed by atoms with Gasteiger partial charge in [0.25, 0.3) is 0 Å². The van der Waals surface area contributed by atoms with Crippen molar-refractivity contribution in [3.8, 4) is 28.4 Å². The summed E-state index contributed by atoms with van der Waals surface area (Å²) in [5.74, 6) is -2.44. The predicted molar refractivity (Wildman–Crippen MR) is 167 cm³/mol. The number of carbonyl (C=O) groups excluding carboxylic acids is 3. The quantitative estimate of drug-likeness (QED) is 0.162. The lowest BCUT2D eigenvalue weighted by atomic mass is 9.92. The van der Waals surface area contributed by atoms with Gasteiger partial charge in [0.1, 0.15) is 28.9 Å². The third-order valence-corrected chi connectivity index (χ3v) is 7.17. The Labute approximate surface area is 265 Å². The van der Waals surface area contributed by atoms with Crippen molar-refractivity contribution in [2.24, 2.45) is 0 Å². The van der Waals surface area contributed by atoms with E-state index in [0.29, 0.717) is 17.7 Å². The van der Waals surface area contributed by atoms with E-state index in [-0.39, 0.29) is 31.0 Å². The summed E-state index contributed by atoms with van der Waals surface area (Å²) < 4.78 is 44.0. The van der Waals surface area contributed by atoms with Crippen molar-refractivity contribution < 1.29 is 37.4 Å². The Morgan fingerprint density at radius 1 is 0.826 bits per heavy atom. The predicted octanol–water partition coefficient (Wildman–Crippen LogP) is 7.37. The molecule has 0 fully saturated rings. The Hall–Kier alpha value is -5.25. The molecule has 4 aromatic rings. The lowest BCUT2D eigenvalue weighted by Crippen LogP contribution is -2.49. The highest BCUT2D eigenvalue weighted by atomic mass is 19.2. The van der Waals surface area contributed by atoms with Crippen molar-refractivity contribution in [3.05, 3.63) is 114 Å². The number of nitrogens with one attached hydrogen (secondary N) is 1. The maximum atomic E-state index is 13.8. The maximum Gasteiger partial charge on any atom is 0.411 e. The van der Waals surface area contributed by atoms with Gasteiger partial charge >= 0.3 is 12.1 Å². The first-order chi connectivity index (χ1) is 22.0. The molecule has 1 heterocycles. The Kier molecular flexibility index (Phi) is 9.65. The Bertz CT molecular complexity index is 1720. The molecule has 0 aromatic heterocycles. The standard InChI is InChI=1S/C36H34F2N2O6/c1-36(2,3)46-35(43)40-20-18-25-11-14-27(44-28-15-16-30(37)31(38)22-28)21-29(25)33(40)34(42)39-19-17-32(41)45-26-12-9-24(10-13-26)23-7-5-4-6-8-23/h4-16,21-22,33H,17-20H2,1-3H3,(H,39,42)/t33-/m0/s1. The molecule has 5 rings (SSSR count). The topological polar surface area (TPSA) is 94.2 Å². The van der Waals surface area contributed by atoms with Crippen molar-refractivity contribution in [2.45, 2.75) is 45.3 Å². The van der Waals surface area contributed by atoms with Crippen LogP contribution in [0.5, 0.6) is 17.2 Å². The number of fused-ring (bicyclic) bond motifs is 1. The number of esters is 1. The van der Waals surface area contributed by atoms with Crippen LogP contribution in [0.25, 0.3) is 11.1 Å². The number of halogens is 2. The van der Waals surface area contributed by atoms with E-state index < -0.39 is 41.2 Å². The third-order valence-electron chi connectivity index (χ3n) is 7.17. The van der Waals surface area contributed by atoms with Gasteiger partial charge in [0, 0.05) is 19.2 Å². The van der Waals surface area contributed by atoms with E-state index in [9.17, 15) is 23.2 Å². The van der Waals surface area contributed by atoms with Gasteiger partial charge in [-0.3, -0.25) is 14.5 Å². The van der Waals surface area contributed by atoms with Crippen LogP contribution in [0.15, 0.2) is 91.0 Å². The lowest BCUT2D eigenvalue weighted by molar-refractivity contribution is -0.134. The molecule has 0 bridgehead atoms. The molecule has 10 heteroatoms. The van der Waals surface area contributed by atoms with Gasteiger partial charge in [-0.1, -0.05) is 48.5 Å². The van der Waals surface area contributed by atoms with Gasteiger partial charge in [0.15, 0.2) is 11.6 Å². The molecule has 1 atom stereocenters. The molecule has 4 aromatic carbocycles.